The standard InChI is InChI=1S/C65H40N2O2/c1-4-18-41(19-5-1)57-40-58(67-64(66-57)43-32-34-51-49-27-12-11-25-47(49)48-26-13-14-28-50(48)54(51)38-43)52-29-15-10-24-46(52)42-33-36-59-61(39-42)69-63-60(68-59)37-35-56-62(63)53-30-16-17-31-55(53)65(56,44-20-6-2-7-21-44)45-22-8-3-9-23-45/h1-40H. The first-order valence-electron chi connectivity index (χ1n) is 23.5. The van der Waals surface area contributed by atoms with E-state index >= 15 is 0 Å². The van der Waals surface area contributed by atoms with Gasteiger partial charge in [-0.1, -0.05) is 212 Å². The Labute approximate surface area is 399 Å². The van der Waals surface area contributed by atoms with Crippen LogP contribution in [0.5, 0.6) is 23.0 Å². The zero-order chi connectivity index (χ0) is 45.5. The maximum absolute atomic E-state index is 7.15. The smallest absolute Gasteiger partial charge is 0.178 e. The lowest BCUT2D eigenvalue weighted by Gasteiger charge is -2.34. The Balaban J connectivity index is 0.905. The SMILES string of the molecule is c1ccc(-c2cc(-c3ccccc3-c3ccc4c(c3)Oc3c(ccc5c3-c3ccccc3C5(c3ccccc3)c3ccccc3)O4)nc(-c3ccc4c5ccccc5c5ccccc5c4c3)n2)cc1. The van der Waals surface area contributed by atoms with Crippen molar-refractivity contribution in [3.05, 3.63) is 265 Å². The van der Waals surface area contributed by atoms with Crippen LogP contribution in [0.2, 0.25) is 0 Å². The average Bonchev–Trinajstić information content (AvgIpc) is 3.74. The Hall–Kier alpha value is -9.12. The summed E-state index contributed by atoms with van der Waals surface area (Å²) < 4.78 is 13.9. The first kappa shape index (κ1) is 39.1. The second kappa shape index (κ2) is 15.5. The maximum atomic E-state index is 7.15. The number of aromatic nitrogens is 2. The van der Waals surface area contributed by atoms with Crippen LogP contribution < -0.4 is 9.47 Å². The quantitative estimate of drug-likeness (QED) is 0.156. The Morgan fingerprint density at radius 2 is 0.841 bits per heavy atom. The number of hydrogen-bond acceptors (Lipinski definition) is 4. The van der Waals surface area contributed by atoms with Crippen molar-refractivity contribution in [2.24, 2.45) is 0 Å². The number of benzene rings is 11. The molecule has 1 aliphatic heterocycles. The summed E-state index contributed by atoms with van der Waals surface area (Å²) in [6.45, 7) is 0. The number of nitrogens with zero attached hydrogens (tertiary/aromatic N) is 2. The van der Waals surface area contributed by atoms with Gasteiger partial charge in [-0.15, -0.1) is 0 Å². The van der Waals surface area contributed by atoms with Crippen molar-refractivity contribution in [3.63, 3.8) is 0 Å². The minimum atomic E-state index is -0.558. The summed E-state index contributed by atoms with van der Waals surface area (Å²) in [6, 6.07) is 85.9. The predicted octanol–water partition coefficient (Wildman–Crippen LogP) is 16.9. The molecule has 4 nitrogen and oxygen atoms in total. The highest BCUT2D eigenvalue weighted by atomic mass is 16.6. The molecule has 0 radical (unpaired) electrons. The van der Waals surface area contributed by atoms with Crippen molar-refractivity contribution in [2.45, 2.75) is 5.41 Å². The molecule has 0 atom stereocenters. The molecule has 0 N–H and O–H groups in total. The van der Waals surface area contributed by atoms with E-state index in [1.165, 1.54) is 49.0 Å². The van der Waals surface area contributed by atoms with Crippen molar-refractivity contribution in [1.82, 2.24) is 9.97 Å². The van der Waals surface area contributed by atoms with Crippen molar-refractivity contribution in [3.8, 4) is 79.2 Å². The summed E-state index contributed by atoms with van der Waals surface area (Å²) >= 11 is 0. The second-order valence-electron chi connectivity index (χ2n) is 17.9. The second-order valence-corrected chi connectivity index (χ2v) is 17.9. The molecule has 0 unspecified atom stereocenters. The summed E-state index contributed by atoms with van der Waals surface area (Å²) in [5, 5.41) is 7.31. The van der Waals surface area contributed by atoms with Crippen LogP contribution in [-0.4, -0.2) is 9.97 Å². The van der Waals surface area contributed by atoms with Crippen LogP contribution in [-0.2, 0) is 5.41 Å². The molecular weight excluding hydrogens is 841 g/mol. The highest BCUT2D eigenvalue weighted by Gasteiger charge is 2.48. The predicted molar refractivity (Wildman–Crippen MR) is 280 cm³/mol. The van der Waals surface area contributed by atoms with Crippen molar-refractivity contribution in [2.75, 3.05) is 0 Å². The molecule has 0 saturated carbocycles. The lowest BCUT2D eigenvalue weighted by atomic mass is 9.68. The van der Waals surface area contributed by atoms with Crippen LogP contribution >= 0.6 is 0 Å². The fourth-order valence-corrected chi connectivity index (χ4v) is 11.2. The molecule has 2 heterocycles. The Kier molecular flexibility index (Phi) is 8.77. The summed E-state index contributed by atoms with van der Waals surface area (Å²) in [5.74, 6) is 3.39. The topological polar surface area (TPSA) is 44.2 Å². The summed E-state index contributed by atoms with van der Waals surface area (Å²) in [5.41, 5.74) is 13.0. The normalized spacial score (nSPS) is 13.0. The first-order valence-corrected chi connectivity index (χ1v) is 23.5. The number of hydrogen-bond donors (Lipinski definition) is 0. The molecule has 1 aromatic heterocycles. The van der Waals surface area contributed by atoms with E-state index in [9.17, 15) is 0 Å². The Morgan fingerprint density at radius 1 is 0.304 bits per heavy atom. The van der Waals surface area contributed by atoms with Gasteiger partial charge in [-0.25, -0.2) is 9.97 Å². The molecule has 12 aromatic rings. The van der Waals surface area contributed by atoms with E-state index in [0.717, 1.165) is 61.6 Å². The van der Waals surface area contributed by atoms with Gasteiger partial charge in [-0.2, -0.15) is 0 Å². The van der Waals surface area contributed by atoms with Crippen molar-refractivity contribution >= 4 is 32.3 Å². The molecule has 1 aliphatic carbocycles. The Bertz CT molecular complexity index is 3940. The molecule has 2 aliphatic rings. The monoisotopic (exact) mass is 880 g/mol. The third-order valence-corrected chi connectivity index (χ3v) is 14.2. The lowest BCUT2D eigenvalue weighted by Crippen LogP contribution is -2.28. The fraction of sp³-hybridized carbons (Fsp3) is 0.0154. The maximum Gasteiger partial charge on any atom is 0.178 e. The summed E-state index contributed by atoms with van der Waals surface area (Å²) in [4.78, 5) is 10.7. The number of ether oxygens (including phenoxy) is 2. The molecule has 0 fully saturated rings. The van der Waals surface area contributed by atoms with Gasteiger partial charge < -0.3 is 9.47 Å². The zero-order valence-corrected chi connectivity index (χ0v) is 37.3. The van der Waals surface area contributed by atoms with Gasteiger partial charge in [0.05, 0.1) is 16.8 Å². The molecule has 0 saturated heterocycles. The van der Waals surface area contributed by atoms with Gasteiger partial charge in [0.25, 0.3) is 0 Å². The van der Waals surface area contributed by atoms with Gasteiger partial charge >= 0.3 is 0 Å². The van der Waals surface area contributed by atoms with E-state index in [1.54, 1.807) is 0 Å². The minimum Gasteiger partial charge on any atom is -0.449 e. The van der Waals surface area contributed by atoms with Gasteiger partial charge in [0, 0.05) is 22.3 Å². The molecule has 14 rings (SSSR count). The van der Waals surface area contributed by atoms with Gasteiger partial charge in [-0.05, 0) is 102 Å². The van der Waals surface area contributed by atoms with Crippen LogP contribution in [0, 0.1) is 0 Å². The number of rotatable bonds is 6. The molecule has 4 heteroatoms. The van der Waals surface area contributed by atoms with Crippen LogP contribution in [0.3, 0.4) is 0 Å². The third kappa shape index (κ3) is 6.02. The number of fused-ring (bicyclic) bond motifs is 12. The van der Waals surface area contributed by atoms with E-state index in [0.29, 0.717) is 23.1 Å². The lowest BCUT2D eigenvalue weighted by molar-refractivity contribution is 0.360. The zero-order valence-electron chi connectivity index (χ0n) is 37.3. The molecule has 0 bridgehead atoms. The van der Waals surface area contributed by atoms with Gasteiger partial charge in [-0.3, -0.25) is 0 Å². The van der Waals surface area contributed by atoms with Gasteiger partial charge in [0.15, 0.2) is 28.8 Å². The third-order valence-electron chi connectivity index (χ3n) is 14.2. The highest BCUT2D eigenvalue weighted by Crippen LogP contribution is 2.62. The molecule has 322 valence electrons. The largest absolute Gasteiger partial charge is 0.449 e. The van der Waals surface area contributed by atoms with Crippen LogP contribution in [0.1, 0.15) is 22.3 Å². The van der Waals surface area contributed by atoms with E-state index in [4.69, 9.17) is 19.4 Å². The summed E-state index contributed by atoms with van der Waals surface area (Å²) in [6.07, 6.45) is 0. The van der Waals surface area contributed by atoms with Crippen LogP contribution in [0.25, 0.3) is 88.5 Å². The van der Waals surface area contributed by atoms with Crippen molar-refractivity contribution in [1.29, 1.82) is 0 Å². The van der Waals surface area contributed by atoms with E-state index in [1.807, 2.05) is 12.1 Å². The van der Waals surface area contributed by atoms with E-state index in [-0.39, 0.29) is 0 Å². The van der Waals surface area contributed by atoms with E-state index < -0.39 is 5.41 Å². The minimum absolute atomic E-state index is 0.558. The average molecular weight is 881 g/mol. The molecule has 69 heavy (non-hydrogen) atoms. The van der Waals surface area contributed by atoms with Gasteiger partial charge in [0.2, 0.25) is 0 Å². The molecule has 0 amide bonds. The molecule has 0 spiro atoms. The van der Waals surface area contributed by atoms with Crippen LogP contribution in [0.15, 0.2) is 243 Å². The molecular formula is C65H40N2O2. The Morgan fingerprint density at radius 3 is 1.54 bits per heavy atom. The van der Waals surface area contributed by atoms with Crippen molar-refractivity contribution < 1.29 is 9.47 Å². The van der Waals surface area contributed by atoms with E-state index in [2.05, 4.69) is 231 Å². The summed E-state index contributed by atoms with van der Waals surface area (Å²) in [7, 11) is 0. The van der Waals surface area contributed by atoms with Crippen LogP contribution in [0.4, 0.5) is 0 Å². The molecule has 11 aromatic carbocycles. The fourth-order valence-electron chi connectivity index (χ4n) is 11.2. The first-order chi connectivity index (χ1) is 34.2. The highest BCUT2D eigenvalue weighted by molar-refractivity contribution is 6.25. The van der Waals surface area contributed by atoms with Gasteiger partial charge in [0.1, 0.15) is 0 Å².